The SMILES string of the molecule is CCCCCOc1ccc(N2C(=O)[C@@H]3[C@@H](C2=O)[C@@H]2C=C[C@@H]3C(=O)N2C)cc1. The third-order valence-electron chi connectivity index (χ3n) is 5.86. The molecule has 2 bridgehead atoms. The van der Waals surface area contributed by atoms with Crippen molar-refractivity contribution in [1.82, 2.24) is 4.90 Å². The highest BCUT2D eigenvalue weighted by molar-refractivity contribution is 6.24. The largest absolute Gasteiger partial charge is 0.494 e. The van der Waals surface area contributed by atoms with Crippen LogP contribution in [0.3, 0.4) is 0 Å². The molecule has 0 N–H and O–H groups in total. The molecule has 2 fully saturated rings. The van der Waals surface area contributed by atoms with Crippen LogP contribution in [0.25, 0.3) is 0 Å². The van der Waals surface area contributed by atoms with Gasteiger partial charge < -0.3 is 9.64 Å². The second kappa shape index (κ2) is 6.83. The number of amides is 3. The predicted octanol–water partition coefficient (Wildman–Crippen LogP) is 2.39. The number of benzene rings is 1. The molecule has 3 heterocycles. The Morgan fingerprint density at radius 2 is 1.63 bits per heavy atom. The summed E-state index contributed by atoms with van der Waals surface area (Å²) < 4.78 is 5.70. The number of hydrogen-bond donors (Lipinski definition) is 0. The van der Waals surface area contributed by atoms with Crippen molar-refractivity contribution in [3.8, 4) is 5.75 Å². The summed E-state index contributed by atoms with van der Waals surface area (Å²) >= 11 is 0. The molecular weight excluding hydrogens is 344 g/mol. The van der Waals surface area contributed by atoms with Gasteiger partial charge in [0.15, 0.2) is 0 Å². The van der Waals surface area contributed by atoms with Crippen LogP contribution in [0.2, 0.25) is 0 Å². The van der Waals surface area contributed by atoms with Crippen molar-refractivity contribution in [2.24, 2.45) is 17.8 Å². The average molecular weight is 368 g/mol. The second-order valence-electron chi connectivity index (χ2n) is 7.46. The molecule has 27 heavy (non-hydrogen) atoms. The van der Waals surface area contributed by atoms with Gasteiger partial charge in [-0.2, -0.15) is 0 Å². The maximum absolute atomic E-state index is 13.0. The number of ether oxygens (including phenoxy) is 1. The molecular formula is C21H24N2O4. The van der Waals surface area contributed by atoms with Gasteiger partial charge in [0.25, 0.3) is 0 Å². The number of piperidine rings is 1. The first-order valence-corrected chi connectivity index (χ1v) is 9.60. The van der Waals surface area contributed by atoms with Crippen LogP contribution >= 0.6 is 0 Å². The average Bonchev–Trinajstić information content (AvgIpc) is 2.95. The lowest BCUT2D eigenvalue weighted by Crippen LogP contribution is -2.57. The van der Waals surface area contributed by atoms with E-state index in [9.17, 15) is 14.4 Å². The normalized spacial score (nSPS) is 28.9. The van der Waals surface area contributed by atoms with Crippen LogP contribution in [0.5, 0.6) is 5.75 Å². The Morgan fingerprint density at radius 3 is 2.33 bits per heavy atom. The van der Waals surface area contributed by atoms with Crippen LogP contribution in [0.1, 0.15) is 26.2 Å². The Balaban J connectivity index is 1.53. The molecule has 2 saturated heterocycles. The Labute approximate surface area is 158 Å². The van der Waals surface area contributed by atoms with Gasteiger partial charge in [-0.3, -0.25) is 14.4 Å². The molecule has 0 saturated carbocycles. The van der Waals surface area contributed by atoms with Gasteiger partial charge in [0.1, 0.15) is 5.75 Å². The standard InChI is InChI=1S/C21H24N2O4/c1-3-4-5-12-27-14-8-6-13(7-9-14)23-20(25)17-15-10-11-16(18(17)21(23)26)22(2)19(15)24/h6-11,15-18H,3-5,12H2,1-2H3/t15-,16-,17-,18-/m0/s1. The number of rotatable bonds is 6. The van der Waals surface area contributed by atoms with Gasteiger partial charge in [-0.1, -0.05) is 31.9 Å². The van der Waals surface area contributed by atoms with Gasteiger partial charge in [0, 0.05) is 7.05 Å². The van der Waals surface area contributed by atoms with Gasteiger partial charge in [0.2, 0.25) is 17.7 Å². The Kier molecular flexibility index (Phi) is 4.50. The minimum Gasteiger partial charge on any atom is -0.494 e. The number of unbranched alkanes of at least 4 members (excludes halogenated alkanes) is 2. The van der Waals surface area contributed by atoms with Crippen LogP contribution < -0.4 is 9.64 Å². The second-order valence-corrected chi connectivity index (χ2v) is 7.46. The zero-order valence-corrected chi connectivity index (χ0v) is 15.6. The quantitative estimate of drug-likeness (QED) is 0.439. The number of likely N-dealkylation sites (N-methyl/N-ethyl adjacent to an activating group) is 1. The van der Waals surface area contributed by atoms with Gasteiger partial charge in [-0.05, 0) is 30.7 Å². The van der Waals surface area contributed by atoms with Crippen molar-refractivity contribution in [3.63, 3.8) is 0 Å². The molecule has 3 amide bonds. The maximum atomic E-state index is 13.0. The molecule has 3 aliphatic heterocycles. The number of hydrogen-bond acceptors (Lipinski definition) is 4. The van der Waals surface area contributed by atoms with Crippen LogP contribution in [-0.4, -0.2) is 42.3 Å². The lowest BCUT2D eigenvalue weighted by molar-refractivity contribution is -0.148. The fraction of sp³-hybridized carbons (Fsp3) is 0.476. The van der Waals surface area contributed by atoms with E-state index in [2.05, 4.69) is 6.92 Å². The minimum atomic E-state index is -0.582. The first-order valence-electron chi connectivity index (χ1n) is 9.60. The van der Waals surface area contributed by atoms with E-state index in [1.54, 1.807) is 42.3 Å². The number of carbonyl (C=O) groups excluding carboxylic acids is 3. The van der Waals surface area contributed by atoms with E-state index in [0.29, 0.717) is 12.3 Å². The van der Waals surface area contributed by atoms with Crippen LogP contribution in [-0.2, 0) is 14.4 Å². The van der Waals surface area contributed by atoms with E-state index in [1.807, 2.05) is 6.08 Å². The summed E-state index contributed by atoms with van der Waals surface area (Å²) in [5.74, 6) is -1.46. The number of nitrogens with zero attached hydrogens (tertiary/aromatic N) is 2. The van der Waals surface area contributed by atoms with E-state index >= 15 is 0 Å². The van der Waals surface area contributed by atoms with Crippen molar-refractivity contribution < 1.29 is 19.1 Å². The number of anilines is 1. The van der Waals surface area contributed by atoms with Gasteiger partial charge >= 0.3 is 0 Å². The van der Waals surface area contributed by atoms with E-state index in [1.165, 1.54) is 4.90 Å². The summed E-state index contributed by atoms with van der Waals surface area (Å²) in [5.41, 5.74) is 0.537. The van der Waals surface area contributed by atoms with E-state index in [4.69, 9.17) is 4.74 Å². The number of fused-ring (bicyclic) bond motifs is 1. The molecule has 5 rings (SSSR count). The smallest absolute Gasteiger partial charge is 0.240 e. The fourth-order valence-corrected chi connectivity index (χ4v) is 4.40. The van der Waals surface area contributed by atoms with Crippen molar-refractivity contribution in [3.05, 3.63) is 36.4 Å². The maximum Gasteiger partial charge on any atom is 0.240 e. The summed E-state index contributed by atoms with van der Waals surface area (Å²) in [6, 6.07) is 6.71. The fourth-order valence-electron chi connectivity index (χ4n) is 4.40. The lowest BCUT2D eigenvalue weighted by Gasteiger charge is -2.44. The Hall–Kier alpha value is -2.63. The third kappa shape index (κ3) is 2.74. The first-order chi connectivity index (χ1) is 13.0. The molecule has 6 nitrogen and oxygen atoms in total. The number of imide groups is 1. The Morgan fingerprint density at radius 1 is 0.926 bits per heavy atom. The predicted molar refractivity (Wildman–Crippen MR) is 100 cm³/mol. The molecule has 6 heteroatoms. The zero-order chi connectivity index (χ0) is 19.1. The monoisotopic (exact) mass is 368 g/mol. The van der Waals surface area contributed by atoms with Gasteiger partial charge in [0.05, 0.1) is 36.1 Å². The molecule has 142 valence electrons. The van der Waals surface area contributed by atoms with Crippen molar-refractivity contribution in [1.29, 1.82) is 0 Å². The molecule has 0 unspecified atom stereocenters. The van der Waals surface area contributed by atoms with Crippen LogP contribution in [0.15, 0.2) is 36.4 Å². The van der Waals surface area contributed by atoms with Crippen LogP contribution in [0.4, 0.5) is 5.69 Å². The summed E-state index contributed by atoms with van der Waals surface area (Å²) in [5, 5.41) is 0. The lowest BCUT2D eigenvalue weighted by atomic mass is 9.70. The highest BCUT2D eigenvalue weighted by Gasteiger charge is 2.61. The summed E-state index contributed by atoms with van der Waals surface area (Å²) in [7, 11) is 1.70. The molecule has 4 atom stereocenters. The van der Waals surface area contributed by atoms with Crippen molar-refractivity contribution >= 4 is 23.4 Å². The summed E-state index contributed by atoms with van der Waals surface area (Å²) in [6.07, 6.45) is 6.94. The van der Waals surface area contributed by atoms with E-state index in [-0.39, 0.29) is 23.8 Å². The molecule has 4 aliphatic rings. The molecule has 1 aliphatic carbocycles. The van der Waals surface area contributed by atoms with E-state index in [0.717, 1.165) is 25.0 Å². The summed E-state index contributed by atoms with van der Waals surface area (Å²) in [6.45, 7) is 2.80. The van der Waals surface area contributed by atoms with Crippen LogP contribution in [0, 0.1) is 17.8 Å². The summed E-state index contributed by atoms with van der Waals surface area (Å²) in [4.78, 5) is 41.2. The highest BCUT2D eigenvalue weighted by atomic mass is 16.5. The van der Waals surface area contributed by atoms with E-state index < -0.39 is 17.8 Å². The third-order valence-corrected chi connectivity index (χ3v) is 5.86. The number of carbonyl (C=O) groups is 3. The topological polar surface area (TPSA) is 66.9 Å². The molecule has 1 aromatic carbocycles. The minimum absolute atomic E-state index is 0.0809. The molecule has 0 spiro atoms. The zero-order valence-electron chi connectivity index (χ0n) is 15.6. The van der Waals surface area contributed by atoms with Crippen molar-refractivity contribution in [2.75, 3.05) is 18.6 Å². The van der Waals surface area contributed by atoms with Gasteiger partial charge in [-0.15, -0.1) is 0 Å². The van der Waals surface area contributed by atoms with Gasteiger partial charge in [-0.25, -0.2) is 4.90 Å². The molecule has 0 aromatic heterocycles. The van der Waals surface area contributed by atoms with Crippen molar-refractivity contribution in [2.45, 2.75) is 32.2 Å². The first kappa shape index (κ1) is 17.8. The Bertz CT molecular complexity index is 801. The highest BCUT2D eigenvalue weighted by Crippen LogP contribution is 2.46. The molecule has 1 aromatic rings. The molecule has 0 radical (unpaired) electrons.